The minimum Gasteiger partial charge on any atom is -0.379 e. The number of ether oxygens (including phenoxy) is 1. The monoisotopic (exact) mass is 255 g/mol. The van der Waals surface area contributed by atoms with Crippen molar-refractivity contribution < 1.29 is 4.74 Å². The van der Waals surface area contributed by atoms with Crippen LogP contribution in [0, 0.1) is 5.41 Å². The van der Waals surface area contributed by atoms with Crippen molar-refractivity contribution in [2.24, 2.45) is 5.41 Å². The van der Waals surface area contributed by atoms with Crippen LogP contribution in [0.3, 0.4) is 0 Å². The summed E-state index contributed by atoms with van der Waals surface area (Å²) >= 11 is 0. The Morgan fingerprint density at radius 2 is 1.78 bits per heavy atom. The number of hydrogen-bond acceptors (Lipinski definition) is 2. The maximum Gasteiger partial charge on any atom is 0.0623 e. The Balaban J connectivity index is 2.54. The fourth-order valence-electron chi connectivity index (χ4n) is 2.91. The predicted molar refractivity (Wildman–Crippen MR) is 79.0 cm³/mol. The van der Waals surface area contributed by atoms with Crippen LogP contribution in [0.5, 0.6) is 0 Å². The summed E-state index contributed by atoms with van der Waals surface area (Å²) in [5.41, 5.74) is 0.556. The normalized spacial score (nSPS) is 20.3. The van der Waals surface area contributed by atoms with Crippen molar-refractivity contribution in [3.05, 3.63) is 0 Å². The van der Waals surface area contributed by atoms with Crippen LogP contribution in [-0.4, -0.2) is 25.3 Å². The second-order valence-electron chi connectivity index (χ2n) is 7.06. The highest BCUT2D eigenvalue weighted by molar-refractivity contribution is 4.87. The first-order valence-corrected chi connectivity index (χ1v) is 7.68. The van der Waals surface area contributed by atoms with E-state index in [9.17, 15) is 0 Å². The summed E-state index contributed by atoms with van der Waals surface area (Å²) in [7, 11) is 1.83. The van der Waals surface area contributed by atoms with Gasteiger partial charge in [0.25, 0.3) is 0 Å². The first kappa shape index (κ1) is 16.0. The van der Waals surface area contributed by atoms with Gasteiger partial charge in [-0.2, -0.15) is 0 Å². The van der Waals surface area contributed by atoms with Gasteiger partial charge in [0.15, 0.2) is 0 Å². The SMILES string of the molecule is COC(C)(C)CCC1(CNC(C)C)CCCCC1. The molecule has 0 bridgehead atoms. The molecule has 0 atom stereocenters. The third-order valence-corrected chi connectivity index (χ3v) is 4.61. The molecule has 0 spiro atoms. The van der Waals surface area contributed by atoms with Crippen LogP contribution in [0.4, 0.5) is 0 Å². The van der Waals surface area contributed by atoms with Crippen LogP contribution < -0.4 is 5.32 Å². The van der Waals surface area contributed by atoms with E-state index >= 15 is 0 Å². The fourth-order valence-corrected chi connectivity index (χ4v) is 2.91. The molecule has 1 N–H and O–H groups in total. The molecule has 0 aromatic heterocycles. The molecule has 0 aromatic carbocycles. The van der Waals surface area contributed by atoms with E-state index in [2.05, 4.69) is 33.0 Å². The Morgan fingerprint density at radius 3 is 2.28 bits per heavy atom. The van der Waals surface area contributed by atoms with Crippen molar-refractivity contribution in [2.45, 2.75) is 84.3 Å². The second-order valence-corrected chi connectivity index (χ2v) is 7.06. The molecule has 0 aliphatic heterocycles. The molecular formula is C16H33NO. The summed E-state index contributed by atoms with van der Waals surface area (Å²) in [5, 5.41) is 3.67. The Hall–Kier alpha value is -0.0800. The highest BCUT2D eigenvalue weighted by Gasteiger charge is 2.33. The van der Waals surface area contributed by atoms with E-state index in [-0.39, 0.29) is 5.60 Å². The van der Waals surface area contributed by atoms with Gasteiger partial charge in [-0.3, -0.25) is 0 Å². The molecule has 0 unspecified atom stereocenters. The lowest BCUT2D eigenvalue weighted by Crippen LogP contribution is -2.40. The molecule has 0 amide bonds. The van der Waals surface area contributed by atoms with Gasteiger partial charge in [0.05, 0.1) is 5.60 Å². The third kappa shape index (κ3) is 5.27. The van der Waals surface area contributed by atoms with Crippen molar-refractivity contribution in [1.82, 2.24) is 5.32 Å². The maximum absolute atomic E-state index is 5.58. The van der Waals surface area contributed by atoms with Gasteiger partial charge in [0.2, 0.25) is 0 Å². The van der Waals surface area contributed by atoms with E-state index in [0.29, 0.717) is 11.5 Å². The summed E-state index contributed by atoms with van der Waals surface area (Å²) in [4.78, 5) is 0. The van der Waals surface area contributed by atoms with Crippen LogP contribution in [0.2, 0.25) is 0 Å². The van der Waals surface area contributed by atoms with Gasteiger partial charge in [-0.15, -0.1) is 0 Å². The topological polar surface area (TPSA) is 21.3 Å². The van der Waals surface area contributed by atoms with Crippen LogP contribution >= 0.6 is 0 Å². The van der Waals surface area contributed by atoms with E-state index in [4.69, 9.17) is 4.74 Å². The molecule has 108 valence electrons. The highest BCUT2D eigenvalue weighted by atomic mass is 16.5. The summed E-state index contributed by atoms with van der Waals surface area (Å²) in [6.07, 6.45) is 9.51. The largest absolute Gasteiger partial charge is 0.379 e. The molecule has 18 heavy (non-hydrogen) atoms. The summed E-state index contributed by atoms with van der Waals surface area (Å²) in [6.45, 7) is 10.1. The van der Waals surface area contributed by atoms with Crippen molar-refractivity contribution in [3.8, 4) is 0 Å². The zero-order valence-electron chi connectivity index (χ0n) is 13.1. The van der Waals surface area contributed by atoms with Gasteiger partial charge in [-0.25, -0.2) is 0 Å². The second kappa shape index (κ2) is 6.91. The molecule has 1 saturated carbocycles. The molecule has 0 saturated heterocycles. The molecule has 1 rings (SSSR count). The van der Waals surface area contributed by atoms with Crippen LogP contribution in [0.15, 0.2) is 0 Å². The Kier molecular flexibility index (Phi) is 6.13. The molecule has 1 fully saturated rings. The average molecular weight is 255 g/mol. The van der Waals surface area contributed by atoms with E-state index in [0.717, 1.165) is 0 Å². The lowest BCUT2D eigenvalue weighted by atomic mass is 9.70. The van der Waals surface area contributed by atoms with Crippen molar-refractivity contribution >= 4 is 0 Å². The molecule has 0 radical (unpaired) electrons. The van der Waals surface area contributed by atoms with Gasteiger partial charge in [-0.1, -0.05) is 33.1 Å². The van der Waals surface area contributed by atoms with Crippen molar-refractivity contribution in [1.29, 1.82) is 0 Å². The van der Waals surface area contributed by atoms with Crippen LogP contribution in [0.25, 0.3) is 0 Å². The van der Waals surface area contributed by atoms with E-state index < -0.39 is 0 Å². The van der Waals surface area contributed by atoms with Crippen LogP contribution in [0.1, 0.15) is 72.6 Å². The average Bonchev–Trinajstić information content (AvgIpc) is 2.36. The Bertz CT molecular complexity index is 229. The summed E-state index contributed by atoms with van der Waals surface area (Å²) in [5.74, 6) is 0. The number of methoxy groups -OCH3 is 1. The van der Waals surface area contributed by atoms with Crippen molar-refractivity contribution in [2.75, 3.05) is 13.7 Å². The first-order valence-electron chi connectivity index (χ1n) is 7.68. The minimum atomic E-state index is 0.0300. The smallest absolute Gasteiger partial charge is 0.0623 e. The van der Waals surface area contributed by atoms with Gasteiger partial charge >= 0.3 is 0 Å². The quantitative estimate of drug-likeness (QED) is 0.738. The first-order chi connectivity index (χ1) is 8.39. The number of nitrogens with one attached hydrogen (secondary N) is 1. The Labute approximate surface area is 114 Å². The van der Waals surface area contributed by atoms with E-state index in [1.807, 2.05) is 7.11 Å². The maximum atomic E-state index is 5.58. The van der Waals surface area contributed by atoms with E-state index in [1.165, 1.54) is 51.5 Å². The van der Waals surface area contributed by atoms with Gasteiger partial charge in [-0.05, 0) is 44.9 Å². The molecule has 1 aliphatic rings. The molecule has 2 nitrogen and oxygen atoms in total. The lowest BCUT2D eigenvalue weighted by Gasteiger charge is -2.40. The van der Waals surface area contributed by atoms with Crippen LogP contribution in [-0.2, 0) is 4.74 Å². The number of rotatable bonds is 7. The molecular weight excluding hydrogens is 222 g/mol. The molecule has 0 heterocycles. The zero-order valence-corrected chi connectivity index (χ0v) is 13.1. The molecule has 1 aliphatic carbocycles. The third-order valence-electron chi connectivity index (χ3n) is 4.61. The molecule has 0 aromatic rings. The predicted octanol–water partition coefficient (Wildman–Crippen LogP) is 4.14. The Morgan fingerprint density at radius 1 is 1.17 bits per heavy atom. The molecule has 2 heteroatoms. The van der Waals surface area contributed by atoms with Gasteiger partial charge < -0.3 is 10.1 Å². The van der Waals surface area contributed by atoms with Gasteiger partial charge in [0, 0.05) is 19.7 Å². The van der Waals surface area contributed by atoms with Crippen molar-refractivity contribution in [3.63, 3.8) is 0 Å². The number of hydrogen-bond donors (Lipinski definition) is 1. The minimum absolute atomic E-state index is 0.0300. The fraction of sp³-hybridized carbons (Fsp3) is 1.00. The standard InChI is InChI=1S/C16H33NO/c1-14(2)17-13-16(9-7-6-8-10-16)12-11-15(3,4)18-5/h14,17H,6-13H2,1-5H3. The summed E-state index contributed by atoms with van der Waals surface area (Å²) in [6, 6.07) is 0.597. The zero-order chi connectivity index (χ0) is 13.6. The van der Waals surface area contributed by atoms with E-state index in [1.54, 1.807) is 0 Å². The van der Waals surface area contributed by atoms with Gasteiger partial charge in [0.1, 0.15) is 0 Å². The lowest BCUT2D eigenvalue weighted by molar-refractivity contribution is -0.00105. The highest BCUT2D eigenvalue weighted by Crippen LogP contribution is 2.41. The summed E-state index contributed by atoms with van der Waals surface area (Å²) < 4.78 is 5.58.